The van der Waals surface area contributed by atoms with Crippen molar-refractivity contribution in [2.24, 2.45) is 11.1 Å². The third-order valence-corrected chi connectivity index (χ3v) is 9.41. The van der Waals surface area contributed by atoms with Crippen LogP contribution in [-0.2, 0) is 32.1 Å². The lowest BCUT2D eigenvalue weighted by atomic mass is 9.80. The normalized spacial score (nSPS) is 19.0. The van der Waals surface area contributed by atoms with Crippen molar-refractivity contribution in [3.05, 3.63) is 63.4 Å². The first-order valence-corrected chi connectivity index (χ1v) is 16.2. The van der Waals surface area contributed by atoms with E-state index in [-0.39, 0.29) is 77.8 Å². The highest BCUT2D eigenvalue weighted by atomic mass is 35.5. The lowest BCUT2D eigenvalue weighted by molar-refractivity contribution is -0.145. The van der Waals surface area contributed by atoms with Crippen LogP contribution >= 0.6 is 23.2 Å². The van der Waals surface area contributed by atoms with Gasteiger partial charge < -0.3 is 26.2 Å². The van der Waals surface area contributed by atoms with Crippen LogP contribution in [0.4, 0.5) is 10.1 Å². The molecule has 1 fully saturated rings. The van der Waals surface area contributed by atoms with E-state index < -0.39 is 29.7 Å². The fraction of sp³-hybridized carbons (Fsp3) is 0.515. The van der Waals surface area contributed by atoms with E-state index in [0.29, 0.717) is 6.54 Å². The molecule has 4 amide bonds. The van der Waals surface area contributed by atoms with Crippen LogP contribution in [0.3, 0.4) is 0 Å². The Labute approximate surface area is 274 Å². The number of likely N-dealkylation sites (tertiary alicyclic amines) is 1. The number of nitrogens with zero attached hydrogens (tertiary/aromatic N) is 2. The Balaban J connectivity index is 1.49. The average Bonchev–Trinajstić information content (AvgIpc) is 3.02. The smallest absolute Gasteiger partial charge is 0.247 e. The highest BCUT2D eigenvalue weighted by Crippen LogP contribution is 2.33. The first-order valence-electron chi connectivity index (χ1n) is 15.4. The van der Waals surface area contributed by atoms with E-state index in [1.165, 1.54) is 17.0 Å². The van der Waals surface area contributed by atoms with Crippen molar-refractivity contribution >= 4 is 52.5 Å². The van der Waals surface area contributed by atoms with Crippen LogP contribution in [0.2, 0.25) is 10.0 Å². The van der Waals surface area contributed by atoms with Gasteiger partial charge in [-0.2, -0.15) is 0 Å². The van der Waals surface area contributed by atoms with E-state index in [4.69, 9.17) is 28.9 Å². The SMILES string of the molecule is CC(C)(C)C1CCCCN1C(=O)CCC(=O)N1Cc2ccccc2C[C@H]1C(=O)N[C@@H](CCN)C(=O)Nc1ccc(Cl)c(Cl)c1F. The van der Waals surface area contributed by atoms with E-state index >= 15 is 0 Å². The summed E-state index contributed by atoms with van der Waals surface area (Å²) in [7, 11) is 0. The van der Waals surface area contributed by atoms with Gasteiger partial charge in [-0.3, -0.25) is 19.2 Å². The van der Waals surface area contributed by atoms with Gasteiger partial charge in [0.05, 0.1) is 15.7 Å². The van der Waals surface area contributed by atoms with Gasteiger partial charge in [0, 0.05) is 38.4 Å². The predicted molar refractivity (Wildman–Crippen MR) is 173 cm³/mol. The molecule has 4 rings (SSSR count). The van der Waals surface area contributed by atoms with Crippen LogP contribution in [0.15, 0.2) is 36.4 Å². The number of anilines is 1. The van der Waals surface area contributed by atoms with Gasteiger partial charge in [-0.15, -0.1) is 0 Å². The van der Waals surface area contributed by atoms with Gasteiger partial charge in [-0.1, -0.05) is 68.2 Å². The van der Waals surface area contributed by atoms with Gasteiger partial charge >= 0.3 is 0 Å². The van der Waals surface area contributed by atoms with E-state index in [9.17, 15) is 23.6 Å². The summed E-state index contributed by atoms with van der Waals surface area (Å²) in [6.07, 6.45) is 3.25. The molecule has 1 unspecified atom stereocenters. The van der Waals surface area contributed by atoms with Crippen molar-refractivity contribution in [3.8, 4) is 0 Å². The Morgan fingerprint density at radius 1 is 1.00 bits per heavy atom. The Morgan fingerprint density at radius 3 is 2.33 bits per heavy atom. The van der Waals surface area contributed by atoms with E-state index in [1.807, 2.05) is 29.2 Å². The third kappa shape index (κ3) is 8.34. The van der Waals surface area contributed by atoms with Crippen molar-refractivity contribution in [2.75, 3.05) is 18.4 Å². The van der Waals surface area contributed by atoms with Gasteiger partial charge in [0.15, 0.2) is 5.82 Å². The quantitative estimate of drug-likeness (QED) is 0.324. The number of amides is 4. The maximum Gasteiger partial charge on any atom is 0.247 e. The largest absolute Gasteiger partial charge is 0.342 e. The van der Waals surface area contributed by atoms with E-state index in [2.05, 4.69) is 31.4 Å². The molecule has 2 heterocycles. The molecule has 45 heavy (non-hydrogen) atoms. The second-order valence-electron chi connectivity index (χ2n) is 12.8. The Hall–Kier alpha value is -3.21. The summed E-state index contributed by atoms with van der Waals surface area (Å²) in [5.74, 6) is -2.52. The van der Waals surface area contributed by atoms with Crippen LogP contribution in [-0.4, -0.2) is 64.6 Å². The molecule has 1 saturated heterocycles. The number of hydrogen-bond donors (Lipinski definition) is 3. The number of carbonyl (C=O) groups is 4. The number of nitrogens with one attached hydrogen (secondary N) is 2. The molecule has 3 atom stereocenters. The van der Waals surface area contributed by atoms with Crippen LogP contribution in [0.1, 0.15) is 70.4 Å². The maximum atomic E-state index is 14.6. The topological polar surface area (TPSA) is 125 Å². The number of piperidine rings is 1. The van der Waals surface area contributed by atoms with Gasteiger partial charge in [-0.05, 0) is 60.9 Å². The molecule has 0 aromatic heterocycles. The van der Waals surface area contributed by atoms with Gasteiger partial charge in [-0.25, -0.2) is 4.39 Å². The molecular weight excluding hydrogens is 620 g/mol. The fourth-order valence-corrected chi connectivity index (χ4v) is 6.51. The Bertz CT molecular complexity index is 1430. The molecule has 9 nitrogen and oxygen atoms in total. The fourth-order valence-electron chi connectivity index (χ4n) is 6.20. The lowest BCUT2D eigenvalue weighted by Crippen LogP contribution is -2.56. The molecule has 2 aliphatic heterocycles. The summed E-state index contributed by atoms with van der Waals surface area (Å²) in [5, 5.41) is 4.83. The molecule has 0 aliphatic carbocycles. The van der Waals surface area contributed by atoms with Crippen molar-refractivity contribution in [1.29, 1.82) is 0 Å². The summed E-state index contributed by atoms with van der Waals surface area (Å²) in [6, 6.07) is 8.25. The van der Waals surface area contributed by atoms with E-state index in [1.54, 1.807) is 0 Å². The van der Waals surface area contributed by atoms with Crippen molar-refractivity contribution < 1.29 is 23.6 Å². The zero-order chi connectivity index (χ0) is 32.9. The average molecular weight is 663 g/mol. The predicted octanol–water partition coefficient (Wildman–Crippen LogP) is 5.07. The molecule has 2 aromatic rings. The lowest BCUT2D eigenvalue weighted by Gasteiger charge is -2.43. The number of carbonyl (C=O) groups excluding carboxylic acids is 4. The van der Waals surface area contributed by atoms with Crippen LogP contribution < -0.4 is 16.4 Å². The molecule has 2 aliphatic rings. The van der Waals surface area contributed by atoms with Crippen LogP contribution in [0.25, 0.3) is 0 Å². The number of rotatable bonds is 9. The molecule has 0 saturated carbocycles. The Kier molecular flexibility index (Phi) is 11.5. The zero-order valence-corrected chi connectivity index (χ0v) is 27.5. The molecule has 2 aromatic carbocycles. The first-order chi connectivity index (χ1) is 21.3. The molecule has 4 N–H and O–H groups in total. The minimum Gasteiger partial charge on any atom is -0.342 e. The van der Waals surface area contributed by atoms with Gasteiger partial charge in [0.2, 0.25) is 23.6 Å². The highest BCUT2D eigenvalue weighted by molar-refractivity contribution is 6.42. The minimum absolute atomic E-state index is 0.00652. The van der Waals surface area contributed by atoms with Gasteiger partial charge in [0.25, 0.3) is 0 Å². The molecule has 0 bridgehead atoms. The van der Waals surface area contributed by atoms with Crippen LogP contribution in [0.5, 0.6) is 0 Å². The van der Waals surface area contributed by atoms with E-state index in [0.717, 1.165) is 30.4 Å². The maximum absolute atomic E-state index is 14.6. The molecular formula is C33H42Cl2FN5O4. The van der Waals surface area contributed by atoms with Gasteiger partial charge in [0.1, 0.15) is 12.1 Å². The number of benzene rings is 2. The summed E-state index contributed by atoms with van der Waals surface area (Å²) < 4.78 is 14.6. The Morgan fingerprint density at radius 2 is 1.67 bits per heavy atom. The van der Waals surface area contributed by atoms with Crippen LogP contribution in [0, 0.1) is 11.2 Å². The standard InChI is InChI=1S/C33H42Cl2FN5O4/c1-33(2,3)26-10-6-7-17-40(26)27(42)13-14-28(43)41-19-21-9-5-4-8-20(21)18-25(41)32(45)39-24(15-16-37)31(44)38-23-12-11-22(34)29(35)30(23)36/h4-5,8-9,11-12,24-26H,6-7,10,13-19,37H2,1-3H3,(H,38,44)(H,39,45)/t24-,25-,26?/m0/s1. The summed E-state index contributed by atoms with van der Waals surface area (Å²) in [4.78, 5) is 57.3. The number of fused-ring (bicyclic) bond motifs is 1. The van der Waals surface area contributed by atoms with Crippen molar-refractivity contribution in [3.63, 3.8) is 0 Å². The molecule has 0 radical (unpaired) electrons. The minimum atomic E-state index is -1.11. The second-order valence-corrected chi connectivity index (χ2v) is 13.6. The summed E-state index contributed by atoms with van der Waals surface area (Å²) in [6.45, 7) is 7.31. The second kappa shape index (κ2) is 14.9. The number of halogens is 3. The summed E-state index contributed by atoms with van der Waals surface area (Å²) >= 11 is 11.7. The molecule has 12 heteroatoms. The highest BCUT2D eigenvalue weighted by Gasteiger charge is 2.38. The number of hydrogen-bond acceptors (Lipinski definition) is 5. The third-order valence-electron chi connectivity index (χ3n) is 8.63. The first kappa shape index (κ1) is 34.7. The molecule has 0 spiro atoms. The molecule has 244 valence electrons. The number of nitrogens with two attached hydrogens (primary N) is 1. The van der Waals surface area contributed by atoms with Crippen molar-refractivity contribution in [2.45, 2.75) is 90.4 Å². The summed E-state index contributed by atoms with van der Waals surface area (Å²) in [5.41, 5.74) is 7.31. The van der Waals surface area contributed by atoms with Crippen molar-refractivity contribution in [1.82, 2.24) is 15.1 Å². The monoisotopic (exact) mass is 661 g/mol. The zero-order valence-electron chi connectivity index (χ0n) is 26.0.